The van der Waals surface area contributed by atoms with Crippen LogP contribution in [0.2, 0.25) is 0 Å². The maximum absolute atomic E-state index is 12.1. The highest BCUT2D eigenvalue weighted by molar-refractivity contribution is 9.12. The average molecular weight is 382 g/mol. The van der Waals surface area contributed by atoms with Crippen LogP contribution in [0, 0.1) is 20.9 Å². The monoisotopic (exact) mass is 381 g/mol. The fourth-order valence-corrected chi connectivity index (χ4v) is 6.11. The molecule has 0 aliphatic carbocycles. The van der Waals surface area contributed by atoms with Crippen molar-refractivity contribution in [3.8, 4) is 0 Å². The van der Waals surface area contributed by atoms with E-state index in [4.69, 9.17) is 0 Å². The fraction of sp³-hybridized carbons (Fsp3) is 0.667. The maximum atomic E-state index is 12.1. The predicted molar refractivity (Wildman–Crippen MR) is 80.7 cm³/mol. The minimum Gasteiger partial charge on any atom is -0.480 e. The Kier molecular flexibility index (Phi) is 4.51. The van der Waals surface area contributed by atoms with Crippen molar-refractivity contribution >= 4 is 39.6 Å². The van der Waals surface area contributed by atoms with Crippen LogP contribution >= 0.6 is 27.7 Å². The highest BCUT2D eigenvalue weighted by Crippen LogP contribution is 2.68. The van der Waals surface area contributed by atoms with E-state index >= 15 is 0 Å². The van der Waals surface area contributed by atoms with Crippen molar-refractivity contribution in [2.45, 2.75) is 38.9 Å². The smallest absolute Gasteiger partial charge is 0.321 e. The molecule has 2 unspecified atom stereocenters. The topological polar surface area (TPSA) is 118 Å². The molecule has 1 aliphatic rings. The SMILES string of the molecule is CCC1(C(=O)O)SC([N+](=O)[O-])=C(Br)C1(C(=O)O)C(C)(C)C. The third-order valence-electron chi connectivity index (χ3n) is 3.85. The molecule has 21 heavy (non-hydrogen) atoms. The van der Waals surface area contributed by atoms with Crippen molar-refractivity contribution in [3.63, 3.8) is 0 Å². The number of aliphatic carboxylic acids is 2. The van der Waals surface area contributed by atoms with Crippen molar-refractivity contribution in [2.24, 2.45) is 10.8 Å². The second kappa shape index (κ2) is 5.28. The summed E-state index contributed by atoms with van der Waals surface area (Å²) < 4.78 is -2.03. The quantitative estimate of drug-likeness (QED) is 0.567. The van der Waals surface area contributed by atoms with Gasteiger partial charge in [0.25, 0.3) is 0 Å². The number of thioether (sulfide) groups is 1. The van der Waals surface area contributed by atoms with Gasteiger partial charge in [-0.1, -0.05) is 27.7 Å². The van der Waals surface area contributed by atoms with Crippen molar-refractivity contribution in [3.05, 3.63) is 19.6 Å². The molecule has 1 rings (SSSR count). The minimum absolute atomic E-state index is 0.0665. The molecule has 0 bridgehead atoms. The number of halogens is 1. The molecule has 0 radical (unpaired) electrons. The summed E-state index contributed by atoms with van der Waals surface area (Å²) in [4.78, 5) is 34.4. The Morgan fingerprint density at radius 2 is 1.81 bits per heavy atom. The van der Waals surface area contributed by atoms with Crippen LogP contribution in [0.3, 0.4) is 0 Å². The summed E-state index contributed by atoms with van der Waals surface area (Å²) in [5, 5.41) is 30.2. The summed E-state index contributed by atoms with van der Waals surface area (Å²) in [5.41, 5.74) is -3.00. The lowest BCUT2D eigenvalue weighted by Crippen LogP contribution is -2.60. The van der Waals surface area contributed by atoms with Crippen molar-refractivity contribution < 1.29 is 24.7 Å². The van der Waals surface area contributed by atoms with Gasteiger partial charge in [-0.05, 0) is 39.5 Å². The first-order valence-electron chi connectivity index (χ1n) is 6.10. The van der Waals surface area contributed by atoms with Gasteiger partial charge in [0.15, 0.2) is 0 Å². The summed E-state index contributed by atoms with van der Waals surface area (Å²) in [5.74, 6) is -2.77. The Hall–Kier alpha value is -1.09. The van der Waals surface area contributed by atoms with Crippen LogP contribution < -0.4 is 0 Å². The van der Waals surface area contributed by atoms with Crippen molar-refractivity contribution in [1.29, 1.82) is 0 Å². The zero-order valence-corrected chi connectivity index (χ0v) is 14.4. The molecule has 9 heteroatoms. The van der Waals surface area contributed by atoms with E-state index in [1.54, 1.807) is 20.8 Å². The van der Waals surface area contributed by atoms with Crippen LogP contribution in [0.15, 0.2) is 9.51 Å². The summed E-state index contributed by atoms with van der Waals surface area (Å²) >= 11 is 3.52. The average Bonchev–Trinajstić information content (AvgIpc) is 2.59. The molecule has 7 nitrogen and oxygen atoms in total. The van der Waals surface area contributed by atoms with Gasteiger partial charge < -0.3 is 10.2 Å². The number of hydrogen-bond donors (Lipinski definition) is 2. The van der Waals surface area contributed by atoms with Gasteiger partial charge in [0.2, 0.25) is 0 Å². The second-order valence-corrected chi connectivity index (χ2v) is 7.85. The van der Waals surface area contributed by atoms with Gasteiger partial charge in [-0.15, -0.1) is 0 Å². The van der Waals surface area contributed by atoms with Gasteiger partial charge in [0.05, 0.1) is 9.41 Å². The van der Waals surface area contributed by atoms with Crippen molar-refractivity contribution in [2.75, 3.05) is 0 Å². The van der Waals surface area contributed by atoms with E-state index in [1.165, 1.54) is 6.92 Å². The Bertz CT molecular complexity index is 554. The number of carboxylic acids is 2. The number of carbonyl (C=O) groups is 2. The third-order valence-corrected chi connectivity index (χ3v) is 6.75. The first-order chi connectivity index (χ1) is 9.40. The highest BCUT2D eigenvalue weighted by atomic mass is 79.9. The second-order valence-electron chi connectivity index (χ2n) is 5.77. The Morgan fingerprint density at radius 3 is 2.00 bits per heavy atom. The molecule has 1 heterocycles. The highest BCUT2D eigenvalue weighted by Gasteiger charge is 2.74. The lowest BCUT2D eigenvalue weighted by molar-refractivity contribution is -0.410. The van der Waals surface area contributed by atoms with Gasteiger partial charge in [0, 0.05) is 0 Å². The molecule has 0 aromatic rings. The first kappa shape index (κ1) is 18.0. The van der Waals surface area contributed by atoms with E-state index in [0.29, 0.717) is 11.8 Å². The first-order valence-corrected chi connectivity index (χ1v) is 7.71. The van der Waals surface area contributed by atoms with Crippen LogP contribution in [0.5, 0.6) is 0 Å². The molecule has 0 aromatic carbocycles. The Balaban J connectivity index is 3.92. The molecule has 0 aromatic heterocycles. The zero-order valence-electron chi connectivity index (χ0n) is 12.0. The van der Waals surface area contributed by atoms with Crippen LogP contribution in [0.1, 0.15) is 34.1 Å². The molecule has 2 atom stereocenters. The van der Waals surface area contributed by atoms with Gasteiger partial charge in [-0.3, -0.25) is 19.7 Å². The third kappa shape index (κ3) is 2.09. The zero-order chi connectivity index (χ0) is 16.8. The standard InChI is InChI=1S/C12H16BrNO6S/c1-5-11(8(15)16)12(9(17)18,10(2,3)4)6(13)7(21-11)14(19)20/h5H2,1-4H3,(H,15,16)(H,17,18). The largest absolute Gasteiger partial charge is 0.480 e. The van der Waals surface area contributed by atoms with Crippen LogP contribution in [-0.2, 0) is 9.59 Å². The number of hydrogen-bond acceptors (Lipinski definition) is 5. The molecule has 0 amide bonds. The van der Waals surface area contributed by atoms with E-state index in [9.17, 15) is 29.9 Å². The minimum atomic E-state index is -1.94. The van der Waals surface area contributed by atoms with E-state index < -0.39 is 37.5 Å². The van der Waals surface area contributed by atoms with E-state index in [-0.39, 0.29) is 10.9 Å². The molecular formula is C12H16BrNO6S. The molecule has 118 valence electrons. The number of nitro groups is 1. The van der Waals surface area contributed by atoms with Gasteiger partial charge in [-0.25, -0.2) is 0 Å². The van der Waals surface area contributed by atoms with E-state index in [1.807, 2.05) is 0 Å². The fourth-order valence-electron chi connectivity index (χ4n) is 2.96. The van der Waals surface area contributed by atoms with Crippen LogP contribution in [0.4, 0.5) is 0 Å². The van der Waals surface area contributed by atoms with Crippen LogP contribution in [-0.4, -0.2) is 31.8 Å². The lowest BCUT2D eigenvalue weighted by Gasteiger charge is -2.46. The summed E-state index contributed by atoms with van der Waals surface area (Å²) in [6.45, 7) is 6.23. The molecule has 0 saturated carbocycles. The lowest BCUT2D eigenvalue weighted by atomic mass is 9.58. The molecule has 0 fully saturated rings. The van der Waals surface area contributed by atoms with Crippen LogP contribution in [0.25, 0.3) is 0 Å². The molecular weight excluding hydrogens is 366 g/mol. The summed E-state index contributed by atoms with van der Waals surface area (Å²) in [6, 6.07) is 0. The number of rotatable bonds is 4. The van der Waals surface area contributed by atoms with Gasteiger partial charge in [-0.2, -0.15) is 0 Å². The summed E-state index contributed by atoms with van der Waals surface area (Å²) in [7, 11) is 0. The summed E-state index contributed by atoms with van der Waals surface area (Å²) in [6.07, 6.45) is -0.0665. The molecule has 0 spiro atoms. The molecule has 1 aliphatic heterocycles. The Morgan fingerprint density at radius 1 is 1.33 bits per heavy atom. The Labute approximate surface area is 134 Å². The maximum Gasteiger partial charge on any atom is 0.321 e. The number of nitrogens with zero attached hydrogens (tertiary/aromatic N) is 1. The van der Waals surface area contributed by atoms with Gasteiger partial charge >= 0.3 is 17.0 Å². The number of carboxylic acid groups (broad SMARTS) is 2. The predicted octanol–water partition coefficient (Wildman–Crippen LogP) is 2.92. The van der Waals surface area contributed by atoms with E-state index in [2.05, 4.69) is 15.9 Å². The normalized spacial score (nSPS) is 29.6. The molecule has 0 saturated heterocycles. The molecule has 2 N–H and O–H groups in total. The van der Waals surface area contributed by atoms with Gasteiger partial charge in [0.1, 0.15) is 10.2 Å². The van der Waals surface area contributed by atoms with E-state index in [0.717, 1.165) is 0 Å². The van der Waals surface area contributed by atoms with Crippen molar-refractivity contribution in [1.82, 2.24) is 0 Å².